The minimum atomic E-state index is 0.0946. The molecular weight excluding hydrogens is 172 g/mol. The molecule has 0 N–H and O–H groups in total. The van der Waals surface area contributed by atoms with Crippen molar-refractivity contribution in [3.8, 4) is 0 Å². The van der Waals surface area contributed by atoms with E-state index in [9.17, 15) is 4.79 Å². The first-order chi connectivity index (χ1) is 6.66. The van der Waals surface area contributed by atoms with Crippen molar-refractivity contribution in [3.63, 3.8) is 0 Å². The highest BCUT2D eigenvalue weighted by atomic mass is 16.1. The van der Waals surface area contributed by atoms with Crippen LogP contribution in [0.2, 0.25) is 0 Å². The molecule has 0 amide bonds. The van der Waals surface area contributed by atoms with Gasteiger partial charge in [-0.15, -0.1) is 0 Å². The van der Waals surface area contributed by atoms with Gasteiger partial charge in [0.05, 0.1) is 0 Å². The van der Waals surface area contributed by atoms with Crippen LogP contribution >= 0.6 is 0 Å². The van der Waals surface area contributed by atoms with E-state index in [4.69, 9.17) is 0 Å². The maximum atomic E-state index is 10.6. The van der Waals surface area contributed by atoms with E-state index in [-0.39, 0.29) is 5.78 Å². The summed E-state index contributed by atoms with van der Waals surface area (Å²) in [5.41, 5.74) is 1.07. The van der Waals surface area contributed by atoms with E-state index >= 15 is 0 Å². The smallest absolute Gasteiger partial charge is 0.152 e. The van der Waals surface area contributed by atoms with Crippen LogP contribution in [0, 0.1) is 0 Å². The molecule has 0 aromatic carbocycles. The molecule has 0 atom stereocenters. The molecule has 0 bridgehead atoms. The van der Waals surface area contributed by atoms with E-state index in [2.05, 4.69) is 13.5 Å². The van der Waals surface area contributed by atoms with Crippen LogP contribution in [-0.4, -0.2) is 5.78 Å². The molecule has 0 heterocycles. The Balaban J connectivity index is 3.40. The van der Waals surface area contributed by atoms with E-state index in [1.807, 2.05) is 6.08 Å². The zero-order chi connectivity index (χ0) is 10.8. The lowest BCUT2D eigenvalue weighted by Crippen LogP contribution is -1.83. The van der Waals surface area contributed by atoms with Crippen LogP contribution in [0.4, 0.5) is 0 Å². The summed E-state index contributed by atoms with van der Waals surface area (Å²) in [7, 11) is 0. The fraction of sp³-hybridized carbons (Fsp3) is 0.615. The van der Waals surface area contributed by atoms with Crippen molar-refractivity contribution < 1.29 is 4.79 Å². The minimum absolute atomic E-state index is 0.0946. The number of hydrogen-bond acceptors (Lipinski definition) is 1. The fourth-order valence-electron chi connectivity index (χ4n) is 1.27. The average Bonchev–Trinajstić information content (AvgIpc) is 2.14. The van der Waals surface area contributed by atoms with Crippen molar-refractivity contribution in [2.24, 2.45) is 0 Å². The molecule has 0 aliphatic heterocycles. The summed E-state index contributed by atoms with van der Waals surface area (Å²) < 4.78 is 0. The number of rotatable bonds is 8. The first kappa shape index (κ1) is 13.2. The van der Waals surface area contributed by atoms with E-state index in [0.29, 0.717) is 0 Å². The van der Waals surface area contributed by atoms with E-state index < -0.39 is 0 Å². The Morgan fingerprint density at radius 1 is 1.14 bits per heavy atom. The molecule has 1 nitrogen and oxygen atoms in total. The summed E-state index contributed by atoms with van der Waals surface area (Å²) in [6.45, 7) is 7.68. The standard InChI is InChI=1S/C13H22O/c1-4-5-6-7-8-9-12(2)10-11-13(3)14/h10-11H,2,4-9H2,1,3H3/b11-10-. The number of carbonyl (C=O) groups is 1. The van der Waals surface area contributed by atoms with Crippen LogP contribution in [-0.2, 0) is 4.79 Å². The Labute approximate surface area is 87.9 Å². The lowest BCUT2D eigenvalue weighted by Gasteiger charge is -2.00. The predicted molar refractivity (Wildman–Crippen MR) is 62.3 cm³/mol. The second-order valence-electron chi connectivity index (χ2n) is 3.77. The van der Waals surface area contributed by atoms with Crippen molar-refractivity contribution in [2.45, 2.75) is 52.4 Å². The molecule has 0 aromatic rings. The van der Waals surface area contributed by atoms with Crippen molar-refractivity contribution in [3.05, 3.63) is 24.3 Å². The Hall–Kier alpha value is -0.850. The lowest BCUT2D eigenvalue weighted by molar-refractivity contribution is -0.112. The molecule has 0 saturated heterocycles. The van der Waals surface area contributed by atoms with Gasteiger partial charge in [0.1, 0.15) is 0 Å². The monoisotopic (exact) mass is 194 g/mol. The molecule has 0 aliphatic carbocycles. The topological polar surface area (TPSA) is 17.1 Å². The molecular formula is C13H22O. The van der Waals surface area contributed by atoms with Crippen LogP contribution in [0.1, 0.15) is 52.4 Å². The first-order valence-corrected chi connectivity index (χ1v) is 5.53. The van der Waals surface area contributed by atoms with Gasteiger partial charge in [0.25, 0.3) is 0 Å². The highest BCUT2D eigenvalue weighted by molar-refractivity contribution is 5.87. The van der Waals surface area contributed by atoms with Crippen LogP contribution < -0.4 is 0 Å². The molecule has 0 unspecified atom stereocenters. The molecule has 0 fully saturated rings. The van der Waals surface area contributed by atoms with Crippen LogP contribution in [0.5, 0.6) is 0 Å². The molecule has 0 saturated carbocycles. The summed E-state index contributed by atoms with van der Waals surface area (Å²) in [5.74, 6) is 0.0946. The third-order valence-corrected chi connectivity index (χ3v) is 2.16. The predicted octanol–water partition coefficient (Wildman–Crippen LogP) is 4.05. The Bertz CT molecular complexity index is 201. The van der Waals surface area contributed by atoms with Gasteiger partial charge in [0.15, 0.2) is 5.78 Å². The quantitative estimate of drug-likeness (QED) is 0.323. The number of hydrogen-bond donors (Lipinski definition) is 0. The van der Waals surface area contributed by atoms with Crippen LogP contribution in [0.15, 0.2) is 24.3 Å². The van der Waals surface area contributed by atoms with Gasteiger partial charge in [-0.3, -0.25) is 4.79 Å². The number of unbranched alkanes of at least 4 members (excludes halogenated alkanes) is 4. The van der Waals surface area contributed by atoms with Crippen molar-refractivity contribution in [1.82, 2.24) is 0 Å². The molecule has 0 aliphatic rings. The second-order valence-corrected chi connectivity index (χ2v) is 3.77. The highest BCUT2D eigenvalue weighted by Crippen LogP contribution is 2.10. The van der Waals surface area contributed by atoms with Gasteiger partial charge >= 0.3 is 0 Å². The Kier molecular flexibility index (Phi) is 8.20. The number of allylic oxidation sites excluding steroid dienone is 3. The van der Waals surface area contributed by atoms with Gasteiger partial charge in [0.2, 0.25) is 0 Å². The Morgan fingerprint density at radius 3 is 2.36 bits per heavy atom. The highest BCUT2D eigenvalue weighted by Gasteiger charge is 1.92. The van der Waals surface area contributed by atoms with Gasteiger partial charge in [-0.05, 0) is 25.8 Å². The van der Waals surface area contributed by atoms with Gasteiger partial charge in [0, 0.05) is 0 Å². The summed E-state index contributed by atoms with van der Waals surface area (Å²) in [5, 5.41) is 0. The van der Waals surface area contributed by atoms with Crippen LogP contribution in [0.25, 0.3) is 0 Å². The zero-order valence-corrected chi connectivity index (χ0v) is 9.51. The SMILES string of the molecule is C=C(/C=C\C(C)=O)CCCCCCC. The van der Waals surface area contributed by atoms with Gasteiger partial charge in [-0.1, -0.05) is 50.8 Å². The lowest BCUT2D eigenvalue weighted by atomic mass is 10.1. The van der Waals surface area contributed by atoms with E-state index in [1.54, 1.807) is 13.0 Å². The van der Waals surface area contributed by atoms with Crippen LogP contribution in [0.3, 0.4) is 0 Å². The minimum Gasteiger partial charge on any atom is -0.295 e. The summed E-state index contributed by atoms with van der Waals surface area (Å²) in [6, 6.07) is 0. The Morgan fingerprint density at radius 2 is 1.79 bits per heavy atom. The number of carbonyl (C=O) groups excluding carboxylic acids is 1. The largest absolute Gasteiger partial charge is 0.295 e. The van der Waals surface area contributed by atoms with Crippen molar-refractivity contribution in [1.29, 1.82) is 0 Å². The van der Waals surface area contributed by atoms with Gasteiger partial charge in [-0.25, -0.2) is 0 Å². The molecule has 0 radical (unpaired) electrons. The van der Waals surface area contributed by atoms with E-state index in [1.165, 1.54) is 32.1 Å². The first-order valence-electron chi connectivity index (χ1n) is 5.53. The molecule has 14 heavy (non-hydrogen) atoms. The third-order valence-electron chi connectivity index (χ3n) is 2.16. The third kappa shape index (κ3) is 9.24. The maximum Gasteiger partial charge on any atom is 0.152 e. The number of ketones is 1. The maximum absolute atomic E-state index is 10.6. The van der Waals surface area contributed by atoms with Gasteiger partial charge < -0.3 is 0 Å². The van der Waals surface area contributed by atoms with Crippen molar-refractivity contribution in [2.75, 3.05) is 0 Å². The molecule has 80 valence electrons. The normalized spacial score (nSPS) is 10.7. The fourth-order valence-corrected chi connectivity index (χ4v) is 1.27. The average molecular weight is 194 g/mol. The molecule has 0 rings (SSSR count). The summed E-state index contributed by atoms with van der Waals surface area (Å²) >= 11 is 0. The molecule has 0 spiro atoms. The van der Waals surface area contributed by atoms with Crippen molar-refractivity contribution >= 4 is 5.78 Å². The molecule has 0 aromatic heterocycles. The second kappa shape index (κ2) is 8.74. The summed E-state index contributed by atoms with van der Waals surface area (Å²) in [6.07, 6.45) is 10.9. The molecule has 1 heteroatoms. The zero-order valence-electron chi connectivity index (χ0n) is 9.51. The van der Waals surface area contributed by atoms with Gasteiger partial charge in [-0.2, -0.15) is 0 Å². The summed E-state index contributed by atoms with van der Waals surface area (Å²) in [4.78, 5) is 10.6. The van der Waals surface area contributed by atoms with E-state index in [0.717, 1.165) is 12.0 Å².